The molecule has 0 saturated heterocycles. The van der Waals surface area contributed by atoms with Crippen molar-refractivity contribution < 1.29 is 4.79 Å². The zero-order valence-electron chi connectivity index (χ0n) is 11.8. The molecule has 4 nitrogen and oxygen atoms in total. The molecule has 0 spiro atoms. The van der Waals surface area contributed by atoms with Gasteiger partial charge in [-0.15, -0.1) is 0 Å². The summed E-state index contributed by atoms with van der Waals surface area (Å²) in [4.78, 5) is 11.9. The molecule has 4 heteroatoms. The number of amides is 2. The molecule has 2 aliphatic rings. The molecular weight excluding hydrogens is 226 g/mol. The molecule has 2 saturated carbocycles. The predicted octanol–water partition coefficient (Wildman–Crippen LogP) is 1.70. The number of nitrogens with one attached hydrogen (secondary N) is 2. The number of rotatable bonds is 4. The Labute approximate surface area is 110 Å². The molecule has 5 atom stereocenters. The van der Waals surface area contributed by atoms with Crippen LogP contribution in [0.2, 0.25) is 0 Å². The van der Waals surface area contributed by atoms with Crippen molar-refractivity contribution in [2.24, 2.45) is 29.4 Å². The zero-order chi connectivity index (χ0) is 13.3. The monoisotopic (exact) mass is 253 g/mol. The predicted molar refractivity (Wildman–Crippen MR) is 73.1 cm³/mol. The first-order chi connectivity index (χ1) is 8.51. The first kappa shape index (κ1) is 13.7. The summed E-state index contributed by atoms with van der Waals surface area (Å²) in [5, 5.41) is 6.14. The van der Waals surface area contributed by atoms with Crippen LogP contribution in [0.25, 0.3) is 0 Å². The van der Waals surface area contributed by atoms with Crippen molar-refractivity contribution in [3.63, 3.8) is 0 Å². The Hall–Kier alpha value is -0.770. The summed E-state index contributed by atoms with van der Waals surface area (Å²) >= 11 is 0. The van der Waals surface area contributed by atoms with E-state index < -0.39 is 0 Å². The van der Waals surface area contributed by atoms with Crippen LogP contribution in [0, 0.1) is 23.7 Å². The van der Waals surface area contributed by atoms with Crippen LogP contribution in [-0.2, 0) is 0 Å². The third-order valence-corrected chi connectivity index (χ3v) is 4.93. The molecule has 5 unspecified atom stereocenters. The zero-order valence-corrected chi connectivity index (χ0v) is 11.8. The van der Waals surface area contributed by atoms with E-state index in [4.69, 9.17) is 5.73 Å². The molecule has 0 aromatic heterocycles. The average Bonchev–Trinajstić information content (AvgIpc) is 2.63. The minimum absolute atomic E-state index is 0.00384. The van der Waals surface area contributed by atoms with Crippen molar-refractivity contribution in [3.8, 4) is 0 Å². The van der Waals surface area contributed by atoms with Crippen LogP contribution in [0.3, 0.4) is 0 Å². The molecule has 4 N–H and O–H groups in total. The van der Waals surface area contributed by atoms with Gasteiger partial charge in [-0.25, -0.2) is 4.79 Å². The molecule has 104 valence electrons. The lowest BCUT2D eigenvalue weighted by Gasteiger charge is -2.41. The van der Waals surface area contributed by atoms with Gasteiger partial charge in [-0.05, 0) is 56.4 Å². The maximum Gasteiger partial charge on any atom is 0.315 e. The number of carbonyl (C=O) groups excluding carboxylic acids is 1. The largest absolute Gasteiger partial charge is 0.335 e. The van der Waals surface area contributed by atoms with E-state index in [2.05, 4.69) is 24.5 Å². The lowest BCUT2D eigenvalue weighted by molar-refractivity contribution is 0.139. The summed E-state index contributed by atoms with van der Waals surface area (Å²) in [6.07, 6.45) is 3.61. The molecule has 0 bridgehead atoms. The average molecular weight is 253 g/mol. The second kappa shape index (κ2) is 5.47. The lowest BCUT2D eigenvalue weighted by Crippen LogP contribution is -2.54. The number of hydrogen-bond acceptors (Lipinski definition) is 2. The minimum atomic E-state index is -0.00384. The smallest absolute Gasteiger partial charge is 0.315 e. The fraction of sp³-hybridized carbons (Fsp3) is 0.929. The Morgan fingerprint density at radius 1 is 1.28 bits per heavy atom. The molecule has 0 radical (unpaired) electrons. The van der Waals surface area contributed by atoms with Gasteiger partial charge in [0.05, 0.1) is 0 Å². The van der Waals surface area contributed by atoms with Crippen LogP contribution in [0.5, 0.6) is 0 Å². The molecule has 2 rings (SSSR count). The molecule has 2 amide bonds. The van der Waals surface area contributed by atoms with Gasteiger partial charge in [0, 0.05) is 12.1 Å². The van der Waals surface area contributed by atoms with Gasteiger partial charge in [0.1, 0.15) is 0 Å². The van der Waals surface area contributed by atoms with Gasteiger partial charge < -0.3 is 16.4 Å². The van der Waals surface area contributed by atoms with Gasteiger partial charge in [-0.1, -0.05) is 13.8 Å². The Morgan fingerprint density at radius 2 is 2.00 bits per heavy atom. The Morgan fingerprint density at radius 3 is 2.61 bits per heavy atom. The standard InChI is InChI=1S/C14H27N3O/c1-8(2)9(3)16-14(18)17-13-6-11-4-10(7-15)5-12(11)13/h8-13H,4-7,15H2,1-3H3,(H2,16,17,18). The van der Waals surface area contributed by atoms with E-state index >= 15 is 0 Å². The van der Waals surface area contributed by atoms with E-state index in [-0.39, 0.29) is 12.1 Å². The molecule has 2 fully saturated rings. The summed E-state index contributed by atoms with van der Waals surface area (Å²) in [6.45, 7) is 7.09. The maximum absolute atomic E-state index is 11.9. The Bertz CT molecular complexity index is 305. The highest BCUT2D eigenvalue weighted by molar-refractivity contribution is 5.74. The van der Waals surface area contributed by atoms with E-state index in [0.717, 1.165) is 18.9 Å². The molecular formula is C14H27N3O. The second-order valence-corrected chi connectivity index (χ2v) is 6.49. The van der Waals surface area contributed by atoms with Crippen molar-refractivity contribution in [2.45, 2.75) is 52.1 Å². The summed E-state index contributed by atoms with van der Waals surface area (Å²) in [5.41, 5.74) is 5.73. The lowest BCUT2D eigenvalue weighted by atomic mass is 9.71. The second-order valence-electron chi connectivity index (χ2n) is 6.49. The van der Waals surface area contributed by atoms with E-state index in [1.54, 1.807) is 0 Å². The van der Waals surface area contributed by atoms with E-state index in [1.165, 1.54) is 12.8 Å². The summed E-state index contributed by atoms with van der Waals surface area (Å²) in [5.74, 6) is 2.65. The van der Waals surface area contributed by atoms with E-state index in [0.29, 0.717) is 23.8 Å². The first-order valence-corrected chi connectivity index (χ1v) is 7.28. The van der Waals surface area contributed by atoms with E-state index in [1.807, 2.05) is 6.92 Å². The highest BCUT2D eigenvalue weighted by Gasteiger charge is 2.47. The Kier molecular flexibility index (Phi) is 4.15. The summed E-state index contributed by atoms with van der Waals surface area (Å²) in [6, 6.07) is 0.600. The van der Waals surface area contributed by atoms with Crippen LogP contribution >= 0.6 is 0 Å². The van der Waals surface area contributed by atoms with Crippen molar-refractivity contribution in [2.75, 3.05) is 6.54 Å². The SMILES string of the molecule is CC(C)C(C)NC(=O)NC1CC2CC(CN)CC21. The third kappa shape index (κ3) is 2.79. The Balaban J connectivity index is 1.74. The highest BCUT2D eigenvalue weighted by Crippen LogP contribution is 2.49. The van der Waals surface area contributed by atoms with Crippen LogP contribution in [0.15, 0.2) is 0 Å². The van der Waals surface area contributed by atoms with Crippen LogP contribution in [-0.4, -0.2) is 24.7 Å². The van der Waals surface area contributed by atoms with Gasteiger partial charge in [0.2, 0.25) is 0 Å². The molecule has 0 heterocycles. The molecule has 2 aliphatic carbocycles. The number of fused-ring (bicyclic) bond motifs is 1. The molecule has 0 aromatic carbocycles. The minimum Gasteiger partial charge on any atom is -0.335 e. The van der Waals surface area contributed by atoms with Crippen LogP contribution in [0.1, 0.15) is 40.0 Å². The molecule has 18 heavy (non-hydrogen) atoms. The number of hydrogen-bond donors (Lipinski definition) is 3. The summed E-state index contributed by atoms with van der Waals surface area (Å²) in [7, 11) is 0. The summed E-state index contributed by atoms with van der Waals surface area (Å²) < 4.78 is 0. The fourth-order valence-electron chi connectivity index (χ4n) is 3.29. The van der Waals surface area contributed by atoms with Crippen molar-refractivity contribution >= 4 is 6.03 Å². The number of nitrogens with two attached hydrogens (primary N) is 1. The fourth-order valence-corrected chi connectivity index (χ4v) is 3.29. The molecule has 0 aromatic rings. The normalized spacial score (nSPS) is 35.8. The topological polar surface area (TPSA) is 67.2 Å². The van der Waals surface area contributed by atoms with Crippen molar-refractivity contribution in [1.82, 2.24) is 10.6 Å². The highest BCUT2D eigenvalue weighted by atomic mass is 16.2. The number of carbonyl (C=O) groups is 1. The maximum atomic E-state index is 11.9. The molecule has 0 aliphatic heterocycles. The van der Waals surface area contributed by atoms with Gasteiger partial charge in [-0.2, -0.15) is 0 Å². The van der Waals surface area contributed by atoms with Gasteiger partial charge in [0.15, 0.2) is 0 Å². The van der Waals surface area contributed by atoms with Crippen LogP contribution < -0.4 is 16.4 Å². The van der Waals surface area contributed by atoms with Gasteiger partial charge in [-0.3, -0.25) is 0 Å². The van der Waals surface area contributed by atoms with E-state index in [9.17, 15) is 4.79 Å². The van der Waals surface area contributed by atoms with Crippen molar-refractivity contribution in [1.29, 1.82) is 0 Å². The van der Waals surface area contributed by atoms with Gasteiger partial charge in [0.25, 0.3) is 0 Å². The van der Waals surface area contributed by atoms with Gasteiger partial charge >= 0.3 is 6.03 Å². The van der Waals surface area contributed by atoms with Crippen LogP contribution in [0.4, 0.5) is 4.79 Å². The first-order valence-electron chi connectivity index (χ1n) is 7.28. The quantitative estimate of drug-likeness (QED) is 0.714. The van der Waals surface area contributed by atoms with Crippen molar-refractivity contribution in [3.05, 3.63) is 0 Å². The third-order valence-electron chi connectivity index (χ3n) is 4.93. The number of urea groups is 1.